The molecule has 0 aliphatic heterocycles. The molecular weight excluding hydrogens is 441 g/mol. The Kier molecular flexibility index (Phi) is 6.75. The third kappa shape index (κ3) is 6.05. The fourth-order valence-electron chi connectivity index (χ4n) is 2.40. The van der Waals surface area contributed by atoms with Crippen LogP contribution in [-0.4, -0.2) is 23.3 Å². The van der Waals surface area contributed by atoms with Gasteiger partial charge in [0.25, 0.3) is 0 Å². The molecule has 1 unspecified atom stereocenters. The summed E-state index contributed by atoms with van der Waals surface area (Å²) in [6.07, 6.45) is -5.56. The van der Waals surface area contributed by atoms with Gasteiger partial charge < -0.3 is 20.5 Å². The van der Waals surface area contributed by atoms with E-state index in [1.807, 2.05) is 17.5 Å². The number of aliphatic hydroxyl groups excluding tert-OH is 1. The first kappa shape index (κ1) is 21.8. The largest absolute Gasteiger partial charge is 0.573 e. The van der Waals surface area contributed by atoms with E-state index in [4.69, 9.17) is 0 Å². The van der Waals surface area contributed by atoms with Crippen LogP contribution >= 0.6 is 22.7 Å². The molecule has 1 aromatic carbocycles. The Morgan fingerprint density at radius 1 is 1.03 bits per heavy atom. The number of halogens is 3. The normalized spacial score (nSPS) is 12.3. The summed E-state index contributed by atoms with van der Waals surface area (Å²) in [4.78, 5) is 26.2. The highest BCUT2D eigenvalue weighted by Gasteiger charge is 2.31. The molecule has 1 atom stereocenters. The second-order valence-corrected chi connectivity index (χ2v) is 8.11. The summed E-state index contributed by atoms with van der Waals surface area (Å²) in [5.41, 5.74) is 0.141. The Bertz CT molecular complexity index is 1000. The van der Waals surface area contributed by atoms with Crippen LogP contribution in [0.25, 0.3) is 0 Å². The van der Waals surface area contributed by atoms with Gasteiger partial charge in [-0.1, -0.05) is 6.07 Å². The van der Waals surface area contributed by atoms with Gasteiger partial charge in [0.05, 0.1) is 6.54 Å². The molecule has 2 amide bonds. The molecule has 0 spiro atoms. The van der Waals surface area contributed by atoms with Gasteiger partial charge in [0.15, 0.2) is 0 Å². The van der Waals surface area contributed by atoms with Crippen LogP contribution in [0.5, 0.6) is 5.75 Å². The minimum atomic E-state index is -4.81. The van der Waals surface area contributed by atoms with E-state index >= 15 is 0 Å². The summed E-state index contributed by atoms with van der Waals surface area (Å²) < 4.78 is 40.2. The maximum atomic E-state index is 12.1. The quantitative estimate of drug-likeness (QED) is 0.489. The zero-order chi connectivity index (χ0) is 21.7. The van der Waals surface area contributed by atoms with Crippen LogP contribution in [0.4, 0.5) is 18.9 Å². The number of carbonyl (C=O) groups is 2. The first-order valence-corrected chi connectivity index (χ1v) is 10.2. The summed E-state index contributed by atoms with van der Waals surface area (Å²) in [6, 6.07) is 11.6. The van der Waals surface area contributed by atoms with E-state index < -0.39 is 30.0 Å². The van der Waals surface area contributed by atoms with Gasteiger partial charge in [-0.2, -0.15) is 0 Å². The van der Waals surface area contributed by atoms with Crippen molar-refractivity contribution in [1.82, 2.24) is 5.32 Å². The number of rotatable bonds is 6. The molecule has 11 heteroatoms. The molecule has 3 aromatic rings. The van der Waals surface area contributed by atoms with Crippen molar-refractivity contribution in [2.24, 2.45) is 0 Å². The predicted molar refractivity (Wildman–Crippen MR) is 106 cm³/mol. The molecule has 6 nitrogen and oxygen atoms in total. The van der Waals surface area contributed by atoms with E-state index in [-0.39, 0.29) is 12.2 Å². The number of alkyl halides is 3. The summed E-state index contributed by atoms with van der Waals surface area (Å²) in [5.74, 6) is -2.31. The second kappa shape index (κ2) is 9.28. The molecular formula is C19H15F3N2O4S2. The van der Waals surface area contributed by atoms with Gasteiger partial charge in [-0.05, 0) is 47.8 Å². The van der Waals surface area contributed by atoms with Gasteiger partial charge in [0.1, 0.15) is 11.9 Å². The minimum absolute atomic E-state index is 0.0897. The van der Waals surface area contributed by atoms with Crippen molar-refractivity contribution in [3.63, 3.8) is 0 Å². The molecule has 0 bridgehead atoms. The number of ether oxygens (including phenoxy) is 1. The first-order valence-electron chi connectivity index (χ1n) is 8.46. The van der Waals surface area contributed by atoms with Crippen molar-refractivity contribution in [1.29, 1.82) is 0 Å². The molecule has 3 rings (SSSR count). The molecule has 0 aliphatic rings. The molecule has 0 saturated heterocycles. The lowest BCUT2D eigenvalue weighted by atomic mass is 10.2. The number of amides is 2. The number of benzene rings is 1. The highest BCUT2D eigenvalue weighted by atomic mass is 32.1. The lowest BCUT2D eigenvalue weighted by molar-refractivity contribution is -0.274. The van der Waals surface area contributed by atoms with Crippen LogP contribution in [0, 0.1) is 0 Å². The molecule has 2 heterocycles. The van der Waals surface area contributed by atoms with Crippen molar-refractivity contribution in [3.05, 3.63) is 68.5 Å². The zero-order valence-corrected chi connectivity index (χ0v) is 16.7. The van der Waals surface area contributed by atoms with Crippen molar-refractivity contribution >= 4 is 40.2 Å². The van der Waals surface area contributed by atoms with Crippen molar-refractivity contribution in [2.75, 3.05) is 5.32 Å². The van der Waals surface area contributed by atoms with Gasteiger partial charge in [0.2, 0.25) is 0 Å². The number of aliphatic hydroxyl groups is 1. The topological polar surface area (TPSA) is 87.7 Å². The van der Waals surface area contributed by atoms with Crippen molar-refractivity contribution < 1.29 is 32.6 Å². The number of nitrogens with one attached hydrogen (secondary N) is 2. The molecule has 158 valence electrons. The lowest BCUT2D eigenvalue weighted by Gasteiger charge is -2.10. The summed E-state index contributed by atoms with van der Waals surface area (Å²) in [7, 11) is 0. The average molecular weight is 456 g/mol. The fourth-order valence-corrected chi connectivity index (χ4v) is 4.16. The standard InChI is InChI=1S/C19H15F3N2O4S2/c20-19(21,22)28-12-5-3-11(4-6-12)24-18(27)17(26)23-10-13-7-8-15(30-13)16(25)14-2-1-9-29-14/h1-9,16,25H,10H2,(H,23,26)(H,24,27). The average Bonchev–Trinajstić information content (AvgIpc) is 3.38. The Balaban J connectivity index is 1.50. The molecule has 0 fully saturated rings. The van der Waals surface area contributed by atoms with Crippen LogP contribution in [0.15, 0.2) is 53.9 Å². The number of anilines is 1. The highest BCUT2D eigenvalue weighted by molar-refractivity contribution is 7.12. The van der Waals surface area contributed by atoms with Crippen LogP contribution in [0.3, 0.4) is 0 Å². The summed E-state index contributed by atoms with van der Waals surface area (Å²) >= 11 is 2.74. The number of carbonyl (C=O) groups excluding carboxylic acids is 2. The monoisotopic (exact) mass is 456 g/mol. The number of thiophene rings is 2. The second-order valence-electron chi connectivity index (χ2n) is 5.93. The smallest absolute Gasteiger partial charge is 0.406 e. The van der Waals surface area contributed by atoms with Gasteiger partial charge in [0, 0.05) is 20.3 Å². The van der Waals surface area contributed by atoms with Crippen LogP contribution in [0.2, 0.25) is 0 Å². The van der Waals surface area contributed by atoms with Gasteiger partial charge in [-0.3, -0.25) is 9.59 Å². The van der Waals surface area contributed by atoms with Crippen LogP contribution in [-0.2, 0) is 16.1 Å². The maximum absolute atomic E-state index is 12.1. The van der Waals surface area contributed by atoms with Gasteiger partial charge in [-0.25, -0.2) is 0 Å². The fraction of sp³-hybridized carbons (Fsp3) is 0.158. The van der Waals surface area contributed by atoms with Crippen molar-refractivity contribution in [3.8, 4) is 5.75 Å². The number of hydrogen-bond donors (Lipinski definition) is 3. The molecule has 0 saturated carbocycles. The van der Waals surface area contributed by atoms with Crippen LogP contribution in [0.1, 0.15) is 20.7 Å². The Hall–Kier alpha value is -2.89. The van der Waals surface area contributed by atoms with Gasteiger partial charge in [-0.15, -0.1) is 35.8 Å². The SMILES string of the molecule is O=C(NCc1ccc(C(O)c2cccs2)s1)C(=O)Nc1ccc(OC(F)(F)F)cc1. The zero-order valence-electron chi connectivity index (χ0n) is 15.1. The van der Waals surface area contributed by atoms with E-state index in [1.165, 1.54) is 34.8 Å². The van der Waals surface area contributed by atoms with E-state index in [1.54, 1.807) is 12.1 Å². The summed E-state index contributed by atoms with van der Waals surface area (Å²) in [5, 5.41) is 16.9. The van der Waals surface area contributed by atoms with E-state index in [9.17, 15) is 27.9 Å². The van der Waals surface area contributed by atoms with Crippen molar-refractivity contribution in [2.45, 2.75) is 19.0 Å². The minimum Gasteiger partial charge on any atom is -0.406 e. The van der Waals surface area contributed by atoms with E-state index in [2.05, 4.69) is 15.4 Å². The Labute approximate surface area is 176 Å². The highest BCUT2D eigenvalue weighted by Crippen LogP contribution is 2.31. The Morgan fingerprint density at radius 2 is 1.77 bits per heavy atom. The molecule has 30 heavy (non-hydrogen) atoms. The third-order valence-corrected chi connectivity index (χ3v) is 5.80. The third-order valence-electron chi connectivity index (χ3n) is 3.74. The molecule has 2 aromatic heterocycles. The van der Waals surface area contributed by atoms with E-state index in [0.717, 1.165) is 21.9 Å². The summed E-state index contributed by atoms with van der Waals surface area (Å²) in [6.45, 7) is 0.0897. The van der Waals surface area contributed by atoms with Gasteiger partial charge >= 0.3 is 18.2 Å². The lowest BCUT2D eigenvalue weighted by Crippen LogP contribution is -2.34. The number of hydrogen-bond acceptors (Lipinski definition) is 6. The molecule has 0 aliphatic carbocycles. The molecule has 3 N–H and O–H groups in total. The molecule has 0 radical (unpaired) electrons. The van der Waals surface area contributed by atoms with E-state index in [0.29, 0.717) is 4.88 Å². The first-order chi connectivity index (χ1) is 14.2. The predicted octanol–water partition coefficient (Wildman–Crippen LogP) is 4.04. The van der Waals surface area contributed by atoms with Crippen LogP contribution < -0.4 is 15.4 Å². The maximum Gasteiger partial charge on any atom is 0.573 e. The Morgan fingerprint density at radius 3 is 2.40 bits per heavy atom.